The van der Waals surface area contributed by atoms with Gasteiger partial charge in [0.15, 0.2) is 0 Å². The van der Waals surface area contributed by atoms with Gasteiger partial charge in [-0.25, -0.2) is 0 Å². The molecule has 0 spiro atoms. The number of hydrogen-bond donors (Lipinski definition) is 2. The van der Waals surface area contributed by atoms with E-state index in [4.69, 9.17) is 0 Å². The van der Waals surface area contributed by atoms with Crippen molar-refractivity contribution in [3.63, 3.8) is 0 Å². The van der Waals surface area contributed by atoms with Crippen molar-refractivity contribution in [2.24, 2.45) is 0 Å². The molecule has 0 fully saturated rings. The van der Waals surface area contributed by atoms with E-state index in [1.165, 1.54) is 0 Å². The predicted molar refractivity (Wildman–Crippen MR) is 108 cm³/mol. The highest BCUT2D eigenvalue weighted by Crippen LogP contribution is 2.32. The monoisotopic (exact) mass is 366 g/mol. The topological polar surface area (TPSA) is 69.6 Å². The first kappa shape index (κ1) is 19.0. The van der Waals surface area contributed by atoms with Crippen LogP contribution in [0.3, 0.4) is 0 Å². The summed E-state index contributed by atoms with van der Waals surface area (Å²) in [6, 6.07) is 10.7. The Morgan fingerprint density at radius 1 is 1.15 bits per heavy atom. The highest BCUT2D eigenvalue weighted by molar-refractivity contribution is 6.06. The molecule has 3 rings (SSSR count). The van der Waals surface area contributed by atoms with Crippen LogP contribution in [0.2, 0.25) is 0 Å². The summed E-state index contributed by atoms with van der Waals surface area (Å²) in [5.74, 6) is -0.147. The van der Waals surface area contributed by atoms with Crippen LogP contribution in [-0.4, -0.2) is 23.5 Å². The van der Waals surface area contributed by atoms with Crippen molar-refractivity contribution in [1.29, 1.82) is 0 Å². The van der Waals surface area contributed by atoms with Crippen LogP contribution in [0.5, 0.6) is 5.75 Å². The van der Waals surface area contributed by atoms with Crippen molar-refractivity contribution in [2.75, 3.05) is 16.8 Å². The van der Waals surface area contributed by atoms with Crippen LogP contribution in [0.25, 0.3) is 0 Å². The highest BCUT2D eigenvalue weighted by Gasteiger charge is 2.24. The highest BCUT2D eigenvalue weighted by atomic mass is 16.3. The smallest absolute Gasteiger partial charge is 0.255 e. The molecule has 2 amide bonds. The molecule has 2 aromatic rings. The lowest BCUT2D eigenvalue weighted by Gasteiger charge is -2.20. The van der Waals surface area contributed by atoms with Gasteiger partial charge in [0.2, 0.25) is 5.91 Å². The fourth-order valence-corrected chi connectivity index (χ4v) is 3.29. The minimum absolute atomic E-state index is 0.0391. The number of hydrogen-bond acceptors (Lipinski definition) is 3. The number of fused-ring (bicyclic) bond motifs is 1. The molecule has 0 bridgehead atoms. The minimum atomic E-state index is -0.278. The average molecular weight is 366 g/mol. The Labute approximate surface area is 160 Å². The molecule has 0 radical (unpaired) electrons. The van der Waals surface area contributed by atoms with Crippen molar-refractivity contribution >= 4 is 23.2 Å². The maximum absolute atomic E-state index is 12.7. The molecule has 2 aromatic carbocycles. The predicted octanol–water partition coefficient (Wildman–Crippen LogP) is 4.24. The molecule has 1 heterocycles. The molecule has 1 aliphatic heterocycles. The van der Waals surface area contributed by atoms with E-state index < -0.39 is 0 Å². The average Bonchev–Trinajstić information content (AvgIpc) is 3.05. The Morgan fingerprint density at radius 2 is 1.89 bits per heavy atom. The maximum Gasteiger partial charge on any atom is 0.255 e. The molecular formula is C22H26N2O3. The summed E-state index contributed by atoms with van der Waals surface area (Å²) in [6.07, 6.45) is 1.21. The molecule has 0 aliphatic carbocycles. The number of carbonyl (C=O) groups excluding carboxylic acids is 2. The second kappa shape index (κ2) is 7.06. The Kier molecular flexibility index (Phi) is 4.96. The standard InChI is InChI=1S/C22H26N2O3/c1-5-20(26)24-11-10-14-12-15(6-8-18(14)24)21(27)23-17-13-16(22(2,3)4)7-9-19(17)25/h6-9,12-13,25H,5,10-11H2,1-4H3,(H,23,27). The van der Waals surface area contributed by atoms with Crippen molar-refractivity contribution in [3.8, 4) is 5.75 Å². The zero-order valence-corrected chi connectivity index (χ0v) is 16.3. The third kappa shape index (κ3) is 3.82. The number of benzene rings is 2. The van der Waals surface area contributed by atoms with Gasteiger partial charge in [-0.1, -0.05) is 33.8 Å². The van der Waals surface area contributed by atoms with E-state index >= 15 is 0 Å². The minimum Gasteiger partial charge on any atom is -0.506 e. The summed E-state index contributed by atoms with van der Waals surface area (Å²) in [6.45, 7) is 8.74. The van der Waals surface area contributed by atoms with Gasteiger partial charge in [-0.05, 0) is 53.3 Å². The SMILES string of the molecule is CCC(=O)N1CCc2cc(C(=O)Nc3cc(C(C)(C)C)ccc3O)ccc21. The van der Waals surface area contributed by atoms with Crippen LogP contribution < -0.4 is 10.2 Å². The number of aromatic hydroxyl groups is 1. The number of anilines is 2. The van der Waals surface area contributed by atoms with Gasteiger partial charge < -0.3 is 15.3 Å². The van der Waals surface area contributed by atoms with E-state index in [-0.39, 0.29) is 23.0 Å². The molecule has 1 aliphatic rings. The number of nitrogens with zero attached hydrogens (tertiary/aromatic N) is 1. The summed E-state index contributed by atoms with van der Waals surface area (Å²) in [5.41, 5.74) is 3.73. The molecule has 5 nitrogen and oxygen atoms in total. The van der Waals surface area contributed by atoms with Gasteiger partial charge in [0.05, 0.1) is 5.69 Å². The zero-order valence-electron chi connectivity index (χ0n) is 16.3. The quantitative estimate of drug-likeness (QED) is 0.798. The Balaban J connectivity index is 1.83. The summed E-state index contributed by atoms with van der Waals surface area (Å²) >= 11 is 0. The van der Waals surface area contributed by atoms with Crippen molar-refractivity contribution < 1.29 is 14.7 Å². The van der Waals surface area contributed by atoms with Crippen LogP contribution in [0.4, 0.5) is 11.4 Å². The first-order valence-corrected chi connectivity index (χ1v) is 9.29. The van der Waals surface area contributed by atoms with Crippen LogP contribution in [-0.2, 0) is 16.6 Å². The first-order chi connectivity index (χ1) is 12.7. The van der Waals surface area contributed by atoms with Gasteiger partial charge in [0.25, 0.3) is 5.91 Å². The van der Waals surface area contributed by atoms with E-state index in [0.717, 1.165) is 23.2 Å². The van der Waals surface area contributed by atoms with Crippen molar-refractivity contribution in [2.45, 2.75) is 46.0 Å². The second-order valence-corrected chi connectivity index (χ2v) is 7.93. The van der Waals surface area contributed by atoms with Gasteiger partial charge in [0, 0.05) is 24.2 Å². The zero-order chi connectivity index (χ0) is 19.8. The summed E-state index contributed by atoms with van der Waals surface area (Å²) in [5, 5.41) is 12.9. The molecule has 27 heavy (non-hydrogen) atoms. The molecule has 0 unspecified atom stereocenters. The van der Waals surface area contributed by atoms with Crippen LogP contribution >= 0.6 is 0 Å². The lowest BCUT2D eigenvalue weighted by atomic mass is 9.87. The third-order valence-corrected chi connectivity index (χ3v) is 4.95. The van der Waals surface area contributed by atoms with E-state index in [2.05, 4.69) is 26.1 Å². The lowest BCUT2D eigenvalue weighted by molar-refractivity contribution is -0.118. The molecule has 0 aromatic heterocycles. The van der Waals surface area contributed by atoms with Gasteiger partial charge in [-0.3, -0.25) is 9.59 Å². The molecule has 2 N–H and O–H groups in total. The van der Waals surface area contributed by atoms with Gasteiger partial charge in [-0.15, -0.1) is 0 Å². The Hall–Kier alpha value is -2.82. The Morgan fingerprint density at radius 3 is 2.56 bits per heavy atom. The van der Waals surface area contributed by atoms with E-state index in [1.54, 1.807) is 17.0 Å². The Bertz CT molecular complexity index is 897. The molecular weight excluding hydrogens is 340 g/mol. The molecule has 0 saturated carbocycles. The summed E-state index contributed by atoms with van der Waals surface area (Å²) in [7, 11) is 0. The van der Waals surface area contributed by atoms with Crippen molar-refractivity contribution in [3.05, 3.63) is 53.1 Å². The fourth-order valence-electron chi connectivity index (χ4n) is 3.29. The number of phenolic OH excluding ortho intramolecular Hbond substituents is 1. The summed E-state index contributed by atoms with van der Waals surface area (Å²) < 4.78 is 0. The maximum atomic E-state index is 12.7. The van der Waals surface area contributed by atoms with Gasteiger partial charge in [0.1, 0.15) is 5.75 Å². The molecule has 142 valence electrons. The first-order valence-electron chi connectivity index (χ1n) is 9.29. The fraction of sp³-hybridized carbons (Fsp3) is 0.364. The van der Waals surface area contributed by atoms with E-state index in [1.807, 2.05) is 31.2 Å². The number of carbonyl (C=O) groups is 2. The molecule has 0 saturated heterocycles. The van der Waals surface area contributed by atoms with E-state index in [0.29, 0.717) is 24.2 Å². The largest absolute Gasteiger partial charge is 0.506 e. The van der Waals surface area contributed by atoms with Crippen LogP contribution in [0.15, 0.2) is 36.4 Å². The summed E-state index contributed by atoms with van der Waals surface area (Å²) in [4.78, 5) is 26.5. The van der Waals surface area contributed by atoms with Crippen molar-refractivity contribution in [1.82, 2.24) is 0 Å². The number of amides is 2. The number of phenols is 1. The normalized spacial score (nSPS) is 13.4. The van der Waals surface area contributed by atoms with Crippen LogP contribution in [0.1, 0.15) is 55.6 Å². The molecule has 5 heteroatoms. The molecule has 0 atom stereocenters. The van der Waals surface area contributed by atoms with Gasteiger partial charge in [-0.2, -0.15) is 0 Å². The lowest BCUT2D eigenvalue weighted by Crippen LogP contribution is -2.27. The number of rotatable bonds is 3. The van der Waals surface area contributed by atoms with Crippen LogP contribution in [0, 0.1) is 0 Å². The second-order valence-electron chi connectivity index (χ2n) is 7.93. The number of nitrogens with one attached hydrogen (secondary N) is 1. The van der Waals surface area contributed by atoms with Gasteiger partial charge >= 0.3 is 0 Å². The third-order valence-electron chi connectivity index (χ3n) is 4.95. The van der Waals surface area contributed by atoms with E-state index in [9.17, 15) is 14.7 Å².